The molecule has 0 bridgehead atoms. The Morgan fingerprint density at radius 3 is 2.29 bits per heavy atom. The zero-order chi connectivity index (χ0) is 10.3. The van der Waals surface area contributed by atoms with Crippen LogP contribution in [0.15, 0.2) is 22.8 Å². The normalized spacial score (nSPS) is 38.0. The van der Waals surface area contributed by atoms with Crippen LogP contribution < -0.4 is 0 Å². The third kappa shape index (κ3) is 1.45. The number of rotatable bonds is 0. The van der Waals surface area contributed by atoms with Gasteiger partial charge in [-0.2, -0.15) is 0 Å². The van der Waals surface area contributed by atoms with Crippen molar-refractivity contribution in [3.63, 3.8) is 0 Å². The van der Waals surface area contributed by atoms with E-state index in [9.17, 15) is 0 Å². The second kappa shape index (κ2) is 3.56. The molecule has 0 heteroatoms. The van der Waals surface area contributed by atoms with E-state index < -0.39 is 0 Å². The standard InChI is InChI=1S/C14H22/c1-9-5-6-11(3)14-12(4)8-7-10(2)13(9)14/h5,10-12H,6-8H2,1-4H3. The van der Waals surface area contributed by atoms with Crippen molar-refractivity contribution < 1.29 is 0 Å². The molecule has 0 saturated heterocycles. The third-order valence-corrected chi connectivity index (χ3v) is 4.10. The number of hydrogen-bond donors (Lipinski definition) is 0. The molecule has 0 aromatic heterocycles. The molecule has 0 fully saturated rings. The highest BCUT2D eigenvalue weighted by atomic mass is 14.3. The van der Waals surface area contributed by atoms with Crippen molar-refractivity contribution in [3.05, 3.63) is 22.8 Å². The van der Waals surface area contributed by atoms with Crippen LogP contribution in [-0.2, 0) is 0 Å². The predicted molar refractivity (Wildman–Crippen MR) is 62.1 cm³/mol. The van der Waals surface area contributed by atoms with E-state index in [2.05, 4.69) is 33.8 Å². The molecule has 0 radical (unpaired) electrons. The van der Waals surface area contributed by atoms with Crippen LogP contribution in [0.1, 0.15) is 47.0 Å². The van der Waals surface area contributed by atoms with E-state index in [0.717, 1.165) is 17.8 Å². The van der Waals surface area contributed by atoms with Crippen LogP contribution in [0.3, 0.4) is 0 Å². The smallest absolute Gasteiger partial charge is 0.0188 e. The summed E-state index contributed by atoms with van der Waals surface area (Å²) in [6.45, 7) is 9.51. The summed E-state index contributed by atoms with van der Waals surface area (Å²) in [6.07, 6.45) is 6.50. The molecule has 0 N–H and O–H groups in total. The summed E-state index contributed by atoms with van der Waals surface area (Å²) in [5.74, 6) is 2.44. The van der Waals surface area contributed by atoms with E-state index in [0.29, 0.717) is 0 Å². The molecule has 14 heavy (non-hydrogen) atoms. The first-order chi connectivity index (χ1) is 6.61. The first kappa shape index (κ1) is 10.0. The van der Waals surface area contributed by atoms with E-state index in [4.69, 9.17) is 0 Å². The average molecular weight is 190 g/mol. The van der Waals surface area contributed by atoms with Crippen molar-refractivity contribution in [3.8, 4) is 0 Å². The van der Waals surface area contributed by atoms with Gasteiger partial charge < -0.3 is 0 Å². The monoisotopic (exact) mass is 190 g/mol. The van der Waals surface area contributed by atoms with Crippen LogP contribution in [0.25, 0.3) is 0 Å². The molecule has 0 saturated carbocycles. The quantitative estimate of drug-likeness (QED) is 0.533. The van der Waals surface area contributed by atoms with Crippen LogP contribution in [-0.4, -0.2) is 0 Å². The molecule has 2 aliphatic rings. The summed E-state index contributed by atoms with van der Waals surface area (Å²) >= 11 is 0. The van der Waals surface area contributed by atoms with Gasteiger partial charge in [0, 0.05) is 0 Å². The highest BCUT2D eigenvalue weighted by Gasteiger charge is 2.30. The summed E-state index contributed by atoms with van der Waals surface area (Å²) in [7, 11) is 0. The van der Waals surface area contributed by atoms with Gasteiger partial charge in [0.1, 0.15) is 0 Å². The minimum Gasteiger partial charge on any atom is -0.0807 e. The molecule has 0 nitrogen and oxygen atoms in total. The van der Waals surface area contributed by atoms with Gasteiger partial charge in [0.2, 0.25) is 0 Å². The molecular formula is C14H22. The lowest BCUT2D eigenvalue weighted by Gasteiger charge is -2.37. The van der Waals surface area contributed by atoms with Crippen molar-refractivity contribution in [2.24, 2.45) is 17.8 Å². The zero-order valence-corrected chi connectivity index (χ0v) is 9.93. The van der Waals surface area contributed by atoms with Crippen LogP contribution in [0.4, 0.5) is 0 Å². The SMILES string of the molecule is CC1=CCC(C)C2=C1C(C)CCC2C. The second-order valence-corrected chi connectivity index (χ2v) is 5.27. The Labute approximate surface area is 88.1 Å². The molecule has 2 aliphatic carbocycles. The minimum atomic E-state index is 0.798. The molecule has 3 atom stereocenters. The predicted octanol–water partition coefficient (Wildman–Crippen LogP) is 4.34. The summed E-state index contributed by atoms with van der Waals surface area (Å²) in [5.41, 5.74) is 5.06. The van der Waals surface area contributed by atoms with Crippen molar-refractivity contribution >= 4 is 0 Å². The molecular weight excluding hydrogens is 168 g/mol. The molecule has 0 heterocycles. The molecule has 0 aromatic rings. The van der Waals surface area contributed by atoms with Gasteiger partial charge in [0.05, 0.1) is 0 Å². The molecule has 0 aliphatic heterocycles. The van der Waals surface area contributed by atoms with Crippen LogP contribution in [0.5, 0.6) is 0 Å². The molecule has 3 unspecified atom stereocenters. The van der Waals surface area contributed by atoms with E-state index >= 15 is 0 Å². The van der Waals surface area contributed by atoms with E-state index in [1.165, 1.54) is 19.3 Å². The Balaban J connectivity index is 2.46. The molecule has 0 spiro atoms. The number of hydrogen-bond acceptors (Lipinski definition) is 0. The van der Waals surface area contributed by atoms with E-state index in [1.54, 1.807) is 16.7 Å². The Morgan fingerprint density at radius 1 is 1.00 bits per heavy atom. The van der Waals surface area contributed by atoms with Gasteiger partial charge in [-0.25, -0.2) is 0 Å². The molecule has 0 amide bonds. The topological polar surface area (TPSA) is 0 Å². The van der Waals surface area contributed by atoms with E-state index in [1.807, 2.05) is 0 Å². The summed E-state index contributed by atoms with van der Waals surface area (Å²) < 4.78 is 0. The summed E-state index contributed by atoms with van der Waals surface area (Å²) in [4.78, 5) is 0. The molecule has 78 valence electrons. The lowest BCUT2D eigenvalue weighted by Crippen LogP contribution is -2.23. The largest absolute Gasteiger partial charge is 0.0807 e. The fourth-order valence-electron chi connectivity index (χ4n) is 3.31. The van der Waals surface area contributed by atoms with Gasteiger partial charge in [-0.05, 0) is 49.5 Å². The Kier molecular flexibility index (Phi) is 2.55. The Bertz CT molecular complexity index is 293. The van der Waals surface area contributed by atoms with Crippen molar-refractivity contribution in [2.45, 2.75) is 47.0 Å². The maximum atomic E-state index is 2.44. The van der Waals surface area contributed by atoms with Gasteiger partial charge in [-0.15, -0.1) is 0 Å². The summed E-state index contributed by atoms with van der Waals surface area (Å²) in [5, 5.41) is 0. The van der Waals surface area contributed by atoms with Crippen molar-refractivity contribution in [2.75, 3.05) is 0 Å². The number of allylic oxidation sites excluding steroid dienone is 4. The van der Waals surface area contributed by atoms with Gasteiger partial charge in [0.25, 0.3) is 0 Å². The maximum Gasteiger partial charge on any atom is -0.0188 e. The fraction of sp³-hybridized carbons (Fsp3) is 0.714. The van der Waals surface area contributed by atoms with Gasteiger partial charge in [-0.3, -0.25) is 0 Å². The lowest BCUT2D eigenvalue weighted by atomic mass is 9.68. The first-order valence-corrected chi connectivity index (χ1v) is 6.02. The summed E-state index contributed by atoms with van der Waals surface area (Å²) in [6, 6.07) is 0. The Morgan fingerprint density at radius 2 is 1.64 bits per heavy atom. The second-order valence-electron chi connectivity index (χ2n) is 5.27. The van der Waals surface area contributed by atoms with Gasteiger partial charge in [0.15, 0.2) is 0 Å². The zero-order valence-electron chi connectivity index (χ0n) is 9.93. The molecule has 0 aromatic carbocycles. The fourth-order valence-corrected chi connectivity index (χ4v) is 3.31. The van der Waals surface area contributed by atoms with Crippen molar-refractivity contribution in [1.29, 1.82) is 0 Å². The van der Waals surface area contributed by atoms with Gasteiger partial charge in [-0.1, -0.05) is 38.0 Å². The van der Waals surface area contributed by atoms with E-state index in [-0.39, 0.29) is 0 Å². The molecule has 2 rings (SSSR count). The lowest BCUT2D eigenvalue weighted by molar-refractivity contribution is 0.411. The average Bonchev–Trinajstić information content (AvgIpc) is 2.16. The van der Waals surface area contributed by atoms with Crippen LogP contribution in [0, 0.1) is 17.8 Å². The maximum absolute atomic E-state index is 2.44. The highest BCUT2D eigenvalue weighted by Crippen LogP contribution is 2.44. The van der Waals surface area contributed by atoms with Crippen LogP contribution >= 0.6 is 0 Å². The third-order valence-electron chi connectivity index (χ3n) is 4.10. The van der Waals surface area contributed by atoms with Gasteiger partial charge >= 0.3 is 0 Å². The van der Waals surface area contributed by atoms with Crippen molar-refractivity contribution in [1.82, 2.24) is 0 Å². The first-order valence-electron chi connectivity index (χ1n) is 6.02. The Hall–Kier alpha value is -0.520. The van der Waals surface area contributed by atoms with Crippen LogP contribution in [0.2, 0.25) is 0 Å². The minimum absolute atomic E-state index is 0.798. The highest BCUT2D eigenvalue weighted by molar-refractivity contribution is 5.42.